The molecule has 0 saturated heterocycles. The summed E-state index contributed by atoms with van der Waals surface area (Å²) in [6.45, 7) is 6.01. The molecule has 2 rings (SSSR count). The number of hydrogen-bond donors (Lipinski definition) is 1. The first-order chi connectivity index (χ1) is 8.29. The molecule has 0 aliphatic heterocycles. The topological polar surface area (TPSA) is 60.6 Å². The fraction of sp³-hybridized carbons (Fsp3) is 0.545. The molecular formula is C11H18N6. The summed E-state index contributed by atoms with van der Waals surface area (Å²) in [5, 5.41) is 11.4. The van der Waals surface area contributed by atoms with Gasteiger partial charge < -0.3 is 9.88 Å². The van der Waals surface area contributed by atoms with E-state index in [2.05, 4.69) is 34.5 Å². The van der Waals surface area contributed by atoms with E-state index in [1.165, 1.54) is 0 Å². The van der Waals surface area contributed by atoms with E-state index in [1.807, 2.05) is 21.8 Å². The van der Waals surface area contributed by atoms with Crippen molar-refractivity contribution in [3.8, 4) is 0 Å². The largest absolute Gasteiger partial charge is 0.365 e. The van der Waals surface area contributed by atoms with Crippen LogP contribution in [0.1, 0.15) is 20.3 Å². The fourth-order valence-electron chi connectivity index (χ4n) is 1.76. The van der Waals surface area contributed by atoms with Crippen LogP contribution < -0.4 is 5.32 Å². The second kappa shape index (κ2) is 5.47. The lowest BCUT2D eigenvalue weighted by Crippen LogP contribution is -2.23. The third-order valence-electron chi connectivity index (χ3n) is 2.49. The van der Waals surface area contributed by atoms with Crippen molar-refractivity contribution < 1.29 is 0 Å². The Balaban J connectivity index is 1.93. The average molecular weight is 234 g/mol. The molecule has 0 radical (unpaired) electrons. The normalized spacial score (nSPS) is 12.6. The van der Waals surface area contributed by atoms with Gasteiger partial charge in [0, 0.05) is 31.5 Å². The quantitative estimate of drug-likeness (QED) is 0.820. The number of anilines is 1. The molecule has 92 valence electrons. The van der Waals surface area contributed by atoms with Crippen LogP contribution >= 0.6 is 0 Å². The van der Waals surface area contributed by atoms with E-state index in [0.29, 0.717) is 6.04 Å². The number of aryl methyl sites for hydroxylation is 1. The number of rotatable bonds is 6. The number of nitrogens with zero attached hydrogens (tertiary/aromatic N) is 5. The van der Waals surface area contributed by atoms with E-state index < -0.39 is 0 Å². The van der Waals surface area contributed by atoms with Gasteiger partial charge in [0.1, 0.15) is 5.82 Å². The molecule has 0 bridgehead atoms. The SMILES string of the molecule is CCCn1nncc1NC(C)Cn1ccnc1. The molecule has 6 heteroatoms. The van der Waals surface area contributed by atoms with Crippen LogP contribution in [0.25, 0.3) is 0 Å². The van der Waals surface area contributed by atoms with Gasteiger partial charge in [-0.2, -0.15) is 0 Å². The lowest BCUT2D eigenvalue weighted by molar-refractivity contribution is 0.567. The smallest absolute Gasteiger partial charge is 0.145 e. The zero-order valence-electron chi connectivity index (χ0n) is 10.2. The third-order valence-corrected chi connectivity index (χ3v) is 2.49. The summed E-state index contributed by atoms with van der Waals surface area (Å²) in [6.07, 6.45) is 8.38. The first-order valence-corrected chi connectivity index (χ1v) is 5.90. The summed E-state index contributed by atoms with van der Waals surface area (Å²) in [5.41, 5.74) is 0. The first kappa shape index (κ1) is 11.6. The highest BCUT2D eigenvalue weighted by Gasteiger charge is 2.07. The van der Waals surface area contributed by atoms with E-state index in [4.69, 9.17) is 0 Å². The van der Waals surface area contributed by atoms with Gasteiger partial charge in [-0.25, -0.2) is 9.67 Å². The fourth-order valence-corrected chi connectivity index (χ4v) is 1.76. The molecule has 2 aromatic heterocycles. The van der Waals surface area contributed by atoms with Crippen LogP contribution in [0.5, 0.6) is 0 Å². The van der Waals surface area contributed by atoms with Crippen molar-refractivity contribution in [1.29, 1.82) is 0 Å². The molecule has 0 spiro atoms. The summed E-state index contributed by atoms with van der Waals surface area (Å²) >= 11 is 0. The minimum Gasteiger partial charge on any atom is -0.365 e. The molecule has 0 aliphatic rings. The maximum atomic E-state index is 4.04. The number of hydrogen-bond acceptors (Lipinski definition) is 4. The molecule has 0 aromatic carbocycles. The highest BCUT2D eigenvalue weighted by molar-refractivity contribution is 5.32. The predicted octanol–water partition coefficient (Wildman–Crippen LogP) is 1.39. The molecule has 2 heterocycles. The lowest BCUT2D eigenvalue weighted by atomic mass is 10.3. The summed E-state index contributed by atoms with van der Waals surface area (Å²) in [6, 6.07) is 0.304. The molecule has 1 atom stereocenters. The van der Waals surface area contributed by atoms with Crippen LogP contribution in [0.15, 0.2) is 24.9 Å². The summed E-state index contributed by atoms with van der Waals surface area (Å²) in [7, 11) is 0. The molecule has 1 N–H and O–H groups in total. The van der Waals surface area contributed by atoms with Crippen molar-refractivity contribution in [1.82, 2.24) is 24.5 Å². The van der Waals surface area contributed by atoms with Crippen LogP contribution in [0.2, 0.25) is 0 Å². The van der Waals surface area contributed by atoms with Gasteiger partial charge in [-0.05, 0) is 13.3 Å². The van der Waals surface area contributed by atoms with Crippen molar-refractivity contribution in [3.05, 3.63) is 24.9 Å². The standard InChI is InChI=1S/C11H18N6/c1-3-5-17-11(7-13-15-17)14-10(2)8-16-6-4-12-9-16/h4,6-7,9-10,14H,3,5,8H2,1-2H3. The van der Waals surface area contributed by atoms with E-state index in [9.17, 15) is 0 Å². The Kier molecular flexibility index (Phi) is 3.74. The van der Waals surface area contributed by atoms with Gasteiger partial charge in [-0.3, -0.25) is 0 Å². The van der Waals surface area contributed by atoms with Crippen molar-refractivity contribution in [2.75, 3.05) is 5.32 Å². The Morgan fingerprint density at radius 2 is 2.35 bits per heavy atom. The van der Waals surface area contributed by atoms with Crippen molar-refractivity contribution in [3.63, 3.8) is 0 Å². The number of aromatic nitrogens is 5. The van der Waals surface area contributed by atoms with Crippen molar-refractivity contribution in [2.45, 2.75) is 39.4 Å². The van der Waals surface area contributed by atoms with E-state index in [0.717, 1.165) is 25.3 Å². The molecule has 0 amide bonds. The zero-order valence-corrected chi connectivity index (χ0v) is 10.2. The second-order valence-electron chi connectivity index (χ2n) is 4.15. The van der Waals surface area contributed by atoms with E-state index >= 15 is 0 Å². The monoisotopic (exact) mass is 234 g/mol. The van der Waals surface area contributed by atoms with Gasteiger partial charge in [0.2, 0.25) is 0 Å². The van der Waals surface area contributed by atoms with E-state index in [1.54, 1.807) is 12.4 Å². The van der Waals surface area contributed by atoms with Gasteiger partial charge in [0.25, 0.3) is 0 Å². The average Bonchev–Trinajstić information content (AvgIpc) is 2.92. The lowest BCUT2D eigenvalue weighted by Gasteiger charge is -2.15. The summed E-state index contributed by atoms with van der Waals surface area (Å²) in [5.74, 6) is 0.972. The van der Waals surface area contributed by atoms with Crippen LogP contribution in [-0.2, 0) is 13.1 Å². The molecule has 0 fully saturated rings. The maximum absolute atomic E-state index is 4.04. The van der Waals surface area contributed by atoms with Crippen LogP contribution in [-0.4, -0.2) is 30.6 Å². The van der Waals surface area contributed by atoms with Crippen molar-refractivity contribution in [2.24, 2.45) is 0 Å². The minimum absolute atomic E-state index is 0.304. The number of nitrogens with one attached hydrogen (secondary N) is 1. The Bertz CT molecular complexity index is 433. The Morgan fingerprint density at radius 3 is 3.06 bits per heavy atom. The highest BCUT2D eigenvalue weighted by Crippen LogP contribution is 2.07. The van der Waals surface area contributed by atoms with Gasteiger partial charge in [-0.1, -0.05) is 12.1 Å². The van der Waals surface area contributed by atoms with Crippen molar-refractivity contribution >= 4 is 5.82 Å². The molecule has 6 nitrogen and oxygen atoms in total. The van der Waals surface area contributed by atoms with Gasteiger partial charge in [0.05, 0.1) is 12.5 Å². The molecule has 17 heavy (non-hydrogen) atoms. The Hall–Kier alpha value is -1.85. The van der Waals surface area contributed by atoms with Gasteiger partial charge in [-0.15, -0.1) is 5.10 Å². The predicted molar refractivity (Wildman–Crippen MR) is 65.6 cm³/mol. The number of imidazole rings is 1. The highest BCUT2D eigenvalue weighted by atomic mass is 15.5. The van der Waals surface area contributed by atoms with Gasteiger partial charge >= 0.3 is 0 Å². The molecule has 1 unspecified atom stereocenters. The second-order valence-corrected chi connectivity index (χ2v) is 4.15. The molecule has 0 aliphatic carbocycles. The van der Waals surface area contributed by atoms with Gasteiger partial charge in [0.15, 0.2) is 0 Å². The van der Waals surface area contributed by atoms with Crippen LogP contribution in [0.4, 0.5) is 5.82 Å². The van der Waals surface area contributed by atoms with Crippen LogP contribution in [0.3, 0.4) is 0 Å². The Labute approximate surface area is 101 Å². The third kappa shape index (κ3) is 3.05. The van der Waals surface area contributed by atoms with Crippen LogP contribution in [0, 0.1) is 0 Å². The zero-order chi connectivity index (χ0) is 12.1. The Morgan fingerprint density at radius 1 is 1.47 bits per heavy atom. The summed E-state index contributed by atoms with van der Waals surface area (Å²) in [4.78, 5) is 4.02. The molecule has 2 aromatic rings. The molecule has 0 saturated carbocycles. The minimum atomic E-state index is 0.304. The summed E-state index contributed by atoms with van der Waals surface area (Å²) < 4.78 is 3.94. The van der Waals surface area contributed by atoms with E-state index in [-0.39, 0.29) is 0 Å². The molecular weight excluding hydrogens is 216 g/mol. The first-order valence-electron chi connectivity index (χ1n) is 5.90. The maximum Gasteiger partial charge on any atom is 0.145 e.